The fraction of sp³-hybridized carbons (Fsp3) is 0.364. The first-order valence-corrected chi connectivity index (χ1v) is 4.86. The molecular formula is C11H15NO4. The van der Waals surface area contributed by atoms with Gasteiger partial charge >= 0.3 is 5.97 Å². The smallest absolute Gasteiger partial charge is 0.340 e. The molecule has 0 amide bonds. The Morgan fingerprint density at radius 1 is 1.38 bits per heavy atom. The summed E-state index contributed by atoms with van der Waals surface area (Å²) in [5.41, 5.74) is 6.44. The minimum absolute atomic E-state index is 0.0857. The van der Waals surface area contributed by atoms with E-state index in [1.807, 2.05) is 6.92 Å². The lowest BCUT2D eigenvalue weighted by molar-refractivity contribution is -0.0125. The van der Waals surface area contributed by atoms with Crippen LogP contribution in [0.1, 0.15) is 17.3 Å². The number of carbonyl (C=O) groups excluding carboxylic acids is 1. The number of benzene rings is 1. The van der Waals surface area contributed by atoms with Crippen LogP contribution < -0.4 is 10.5 Å². The molecule has 2 N–H and O–H groups in total. The maximum Gasteiger partial charge on any atom is 0.340 e. The van der Waals surface area contributed by atoms with Gasteiger partial charge in [-0.05, 0) is 19.1 Å². The Morgan fingerprint density at radius 3 is 2.75 bits per heavy atom. The average Bonchev–Trinajstić information content (AvgIpc) is 2.25. The minimum Gasteiger partial charge on any atom is -0.494 e. The van der Waals surface area contributed by atoms with E-state index < -0.39 is 5.97 Å². The minimum atomic E-state index is -0.491. The number of methoxy groups -OCH3 is 1. The third kappa shape index (κ3) is 3.43. The number of nitrogen functional groups attached to an aromatic ring is 1. The van der Waals surface area contributed by atoms with Crippen molar-refractivity contribution in [1.29, 1.82) is 0 Å². The van der Waals surface area contributed by atoms with Gasteiger partial charge in [-0.2, -0.15) is 0 Å². The maximum atomic E-state index is 11.5. The number of carbonyl (C=O) groups is 1. The summed E-state index contributed by atoms with van der Waals surface area (Å²) in [5.74, 6) is 0.0574. The predicted molar refractivity (Wildman–Crippen MR) is 59.3 cm³/mol. The van der Waals surface area contributed by atoms with E-state index >= 15 is 0 Å². The Morgan fingerprint density at radius 2 is 2.12 bits per heavy atom. The van der Waals surface area contributed by atoms with Gasteiger partial charge in [0, 0.05) is 18.9 Å². The van der Waals surface area contributed by atoms with E-state index in [9.17, 15) is 4.79 Å². The number of nitrogens with two attached hydrogens (primary N) is 1. The van der Waals surface area contributed by atoms with Crippen LogP contribution in [-0.4, -0.2) is 26.5 Å². The van der Waals surface area contributed by atoms with Crippen molar-refractivity contribution in [2.45, 2.75) is 6.92 Å². The molecule has 0 aliphatic carbocycles. The summed E-state index contributed by atoms with van der Waals surface area (Å²) in [5, 5.41) is 0. The fourth-order valence-corrected chi connectivity index (χ4v) is 1.19. The highest BCUT2D eigenvalue weighted by molar-refractivity contribution is 5.91. The summed E-state index contributed by atoms with van der Waals surface area (Å²) >= 11 is 0. The van der Waals surface area contributed by atoms with Crippen molar-refractivity contribution in [2.75, 3.05) is 26.2 Å². The Labute approximate surface area is 94.1 Å². The third-order valence-electron chi connectivity index (χ3n) is 1.78. The molecule has 5 nitrogen and oxygen atoms in total. The molecule has 0 spiro atoms. The monoisotopic (exact) mass is 225 g/mol. The average molecular weight is 225 g/mol. The van der Waals surface area contributed by atoms with Crippen LogP contribution in [0.25, 0.3) is 0 Å². The van der Waals surface area contributed by atoms with Crippen LogP contribution in [0.4, 0.5) is 5.69 Å². The second-order valence-electron chi connectivity index (χ2n) is 3.06. The number of anilines is 1. The predicted octanol–water partition coefficient (Wildman–Crippen LogP) is 1.43. The van der Waals surface area contributed by atoms with Crippen LogP contribution in [-0.2, 0) is 9.47 Å². The van der Waals surface area contributed by atoms with Crippen molar-refractivity contribution in [3.05, 3.63) is 23.8 Å². The van der Waals surface area contributed by atoms with E-state index in [-0.39, 0.29) is 6.79 Å². The molecule has 0 heterocycles. The molecule has 1 aromatic carbocycles. The number of rotatable bonds is 5. The molecule has 0 saturated heterocycles. The van der Waals surface area contributed by atoms with Gasteiger partial charge in [-0.3, -0.25) is 0 Å². The number of hydrogen-bond acceptors (Lipinski definition) is 5. The molecule has 0 bridgehead atoms. The zero-order valence-corrected chi connectivity index (χ0v) is 9.36. The molecule has 1 rings (SSSR count). The molecule has 5 heteroatoms. The summed E-state index contributed by atoms with van der Waals surface area (Å²) in [4.78, 5) is 11.5. The molecule has 0 aromatic heterocycles. The maximum absolute atomic E-state index is 11.5. The quantitative estimate of drug-likeness (QED) is 0.466. The van der Waals surface area contributed by atoms with Crippen LogP contribution in [0.2, 0.25) is 0 Å². The molecule has 1 aromatic rings. The van der Waals surface area contributed by atoms with E-state index in [0.29, 0.717) is 23.6 Å². The molecule has 0 atom stereocenters. The highest BCUT2D eigenvalue weighted by atomic mass is 16.7. The normalized spacial score (nSPS) is 9.88. The fourth-order valence-electron chi connectivity index (χ4n) is 1.19. The Balaban J connectivity index is 2.82. The number of ether oxygens (including phenoxy) is 3. The topological polar surface area (TPSA) is 70.8 Å². The standard InChI is InChI=1S/C11H15NO4/c1-3-15-10-5-8(4-9(12)6-10)11(13)16-7-14-2/h4-6H,3,7,12H2,1-2H3. The van der Waals surface area contributed by atoms with E-state index in [1.54, 1.807) is 12.1 Å². The zero-order valence-electron chi connectivity index (χ0n) is 9.36. The second-order valence-corrected chi connectivity index (χ2v) is 3.06. The van der Waals surface area contributed by atoms with Gasteiger partial charge in [0.25, 0.3) is 0 Å². The highest BCUT2D eigenvalue weighted by Gasteiger charge is 2.09. The molecule has 0 fully saturated rings. The molecule has 0 radical (unpaired) electrons. The molecule has 0 aliphatic rings. The van der Waals surface area contributed by atoms with Gasteiger partial charge in [0.2, 0.25) is 0 Å². The van der Waals surface area contributed by atoms with Gasteiger partial charge in [0.05, 0.1) is 12.2 Å². The highest BCUT2D eigenvalue weighted by Crippen LogP contribution is 2.19. The van der Waals surface area contributed by atoms with E-state index in [1.165, 1.54) is 13.2 Å². The van der Waals surface area contributed by atoms with Crippen molar-refractivity contribution >= 4 is 11.7 Å². The van der Waals surface area contributed by atoms with Gasteiger partial charge in [0.15, 0.2) is 6.79 Å². The van der Waals surface area contributed by atoms with Gasteiger partial charge in [-0.15, -0.1) is 0 Å². The van der Waals surface area contributed by atoms with Crippen LogP contribution >= 0.6 is 0 Å². The summed E-state index contributed by atoms with van der Waals surface area (Å²) in [7, 11) is 1.44. The third-order valence-corrected chi connectivity index (χ3v) is 1.78. The Kier molecular flexibility index (Phi) is 4.60. The van der Waals surface area contributed by atoms with Crippen LogP contribution in [0, 0.1) is 0 Å². The van der Waals surface area contributed by atoms with E-state index in [4.69, 9.17) is 15.2 Å². The number of hydrogen-bond donors (Lipinski definition) is 1. The summed E-state index contributed by atoms with van der Waals surface area (Å²) < 4.78 is 14.7. The molecule has 0 aliphatic heterocycles. The van der Waals surface area contributed by atoms with Crippen molar-refractivity contribution < 1.29 is 19.0 Å². The first-order chi connectivity index (χ1) is 7.67. The van der Waals surface area contributed by atoms with E-state index in [0.717, 1.165) is 0 Å². The lowest BCUT2D eigenvalue weighted by atomic mass is 10.2. The summed E-state index contributed by atoms with van der Waals surface area (Å²) in [6, 6.07) is 4.76. The largest absolute Gasteiger partial charge is 0.494 e. The zero-order chi connectivity index (χ0) is 12.0. The van der Waals surface area contributed by atoms with Gasteiger partial charge in [0.1, 0.15) is 5.75 Å². The first kappa shape index (κ1) is 12.3. The SMILES string of the molecule is CCOc1cc(N)cc(C(=O)OCOC)c1. The van der Waals surface area contributed by atoms with Crippen molar-refractivity contribution in [1.82, 2.24) is 0 Å². The molecule has 88 valence electrons. The lowest BCUT2D eigenvalue weighted by Crippen LogP contribution is -2.08. The van der Waals surface area contributed by atoms with Crippen molar-refractivity contribution in [3.8, 4) is 5.75 Å². The Bertz CT molecular complexity index is 365. The molecule has 0 saturated carbocycles. The van der Waals surface area contributed by atoms with Crippen molar-refractivity contribution in [3.63, 3.8) is 0 Å². The Hall–Kier alpha value is -1.75. The molecule has 0 unspecified atom stereocenters. The summed E-state index contributed by atoms with van der Waals surface area (Å²) in [6.07, 6.45) is 0. The van der Waals surface area contributed by atoms with Gasteiger partial charge in [-0.25, -0.2) is 4.79 Å². The first-order valence-electron chi connectivity index (χ1n) is 4.86. The van der Waals surface area contributed by atoms with Crippen LogP contribution in [0.3, 0.4) is 0 Å². The van der Waals surface area contributed by atoms with Crippen LogP contribution in [0.5, 0.6) is 5.75 Å². The van der Waals surface area contributed by atoms with Crippen molar-refractivity contribution in [2.24, 2.45) is 0 Å². The molecular weight excluding hydrogens is 210 g/mol. The lowest BCUT2D eigenvalue weighted by Gasteiger charge is -2.07. The van der Waals surface area contributed by atoms with E-state index in [2.05, 4.69) is 4.74 Å². The van der Waals surface area contributed by atoms with Crippen LogP contribution in [0.15, 0.2) is 18.2 Å². The molecule has 16 heavy (non-hydrogen) atoms. The number of esters is 1. The second kappa shape index (κ2) is 5.97. The summed E-state index contributed by atoms with van der Waals surface area (Å²) in [6.45, 7) is 2.28. The van der Waals surface area contributed by atoms with Gasteiger partial charge in [-0.1, -0.05) is 0 Å². The van der Waals surface area contributed by atoms with Gasteiger partial charge < -0.3 is 19.9 Å².